The molecule has 0 radical (unpaired) electrons. The van der Waals surface area contributed by atoms with Crippen LogP contribution in [0.5, 0.6) is 5.75 Å². The van der Waals surface area contributed by atoms with Gasteiger partial charge in [0.25, 0.3) is 5.91 Å². The van der Waals surface area contributed by atoms with Gasteiger partial charge in [-0.05, 0) is 66.6 Å². The van der Waals surface area contributed by atoms with E-state index in [2.05, 4.69) is 20.9 Å². The highest BCUT2D eigenvalue weighted by atomic mass is 19.1. The van der Waals surface area contributed by atoms with Crippen molar-refractivity contribution in [3.63, 3.8) is 0 Å². The SMILES string of the molecule is CC1=C(C(=O)Nc2ccc(F)cc2)C(c2ccc(OCc3cn(Cc4ccccc4)nn3)cc2)n2c(nc3ccccc32)N1. The van der Waals surface area contributed by atoms with E-state index in [0.29, 0.717) is 35.2 Å². The van der Waals surface area contributed by atoms with E-state index in [1.165, 1.54) is 12.1 Å². The number of halogens is 1. The summed E-state index contributed by atoms with van der Waals surface area (Å²) in [6.07, 6.45) is 1.88. The number of aromatic nitrogens is 5. The molecule has 9 nitrogen and oxygen atoms in total. The van der Waals surface area contributed by atoms with Crippen LogP contribution in [0.4, 0.5) is 16.0 Å². The van der Waals surface area contributed by atoms with Gasteiger partial charge in [0.1, 0.15) is 23.9 Å². The van der Waals surface area contributed by atoms with Crippen molar-refractivity contribution < 1.29 is 13.9 Å². The number of rotatable bonds is 8. The molecule has 0 saturated heterocycles. The third-order valence-corrected chi connectivity index (χ3v) is 7.53. The van der Waals surface area contributed by atoms with Crippen molar-refractivity contribution in [2.24, 2.45) is 0 Å². The second kappa shape index (κ2) is 11.5. The van der Waals surface area contributed by atoms with E-state index < -0.39 is 6.04 Å². The summed E-state index contributed by atoms with van der Waals surface area (Å²) in [6, 6.07) is 30.8. The standard InChI is InChI=1S/C34H28FN7O2/c1-22-31(33(43)37-26-15-13-25(35)14-16-26)32(42-30-10-6-5-9-29(30)38-34(42)36-22)24-11-17-28(18-12-24)44-21-27-20-41(40-39-27)19-23-7-3-2-4-8-23/h2-18,20,32H,19,21H2,1H3,(H,36,38)(H,37,43). The van der Waals surface area contributed by atoms with E-state index in [1.54, 1.807) is 16.8 Å². The van der Waals surface area contributed by atoms with Gasteiger partial charge in [0.05, 0.1) is 35.4 Å². The minimum atomic E-state index is -0.481. The highest BCUT2D eigenvalue weighted by Gasteiger charge is 2.34. The molecule has 0 bridgehead atoms. The van der Waals surface area contributed by atoms with E-state index in [0.717, 1.165) is 27.9 Å². The van der Waals surface area contributed by atoms with Crippen molar-refractivity contribution in [1.82, 2.24) is 24.5 Å². The van der Waals surface area contributed by atoms with Crippen LogP contribution in [0, 0.1) is 5.82 Å². The van der Waals surface area contributed by atoms with Gasteiger partial charge in [-0.25, -0.2) is 14.1 Å². The number of hydrogen-bond acceptors (Lipinski definition) is 6. The average molecular weight is 586 g/mol. The topological polar surface area (TPSA) is 98.9 Å². The highest BCUT2D eigenvalue weighted by Crippen LogP contribution is 2.40. The normalized spacial score (nSPS) is 14.3. The number of anilines is 2. The second-order valence-electron chi connectivity index (χ2n) is 10.6. The molecular formula is C34H28FN7O2. The first-order valence-corrected chi connectivity index (χ1v) is 14.2. The Labute approximate surface area is 252 Å². The van der Waals surface area contributed by atoms with Gasteiger partial charge in [0.15, 0.2) is 0 Å². The zero-order valence-electron chi connectivity index (χ0n) is 23.8. The monoisotopic (exact) mass is 585 g/mol. The van der Waals surface area contributed by atoms with Crippen LogP contribution >= 0.6 is 0 Å². The Morgan fingerprint density at radius 3 is 2.50 bits per heavy atom. The lowest BCUT2D eigenvalue weighted by Crippen LogP contribution is -2.30. The van der Waals surface area contributed by atoms with E-state index >= 15 is 0 Å². The maximum absolute atomic E-state index is 13.8. The van der Waals surface area contributed by atoms with Gasteiger partial charge < -0.3 is 15.4 Å². The van der Waals surface area contributed by atoms with Crippen molar-refractivity contribution in [2.75, 3.05) is 10.6 Å². The van der Waals surface area contributed by atoms with E-state index in [-0.39, 0.29) is 18.3 Å². The van der Waals surface area contributed by atoms with Gasteiger partial charge in [0, 0.05) is 11.4 Å². The number of amides is 1. The van der Waals surface area contributed by atoms with Crippen LogP contribution in [0.2, 0.25) is 0 Å². The summed E-state index contributed by atoms with van der Waals surface area (Å²) in [5.74, 6) is 0.637. The Morgan fingerprint density at radius 1 is 0.955 bits per heavy atom. The van der Waals surface area contributed by atoms with Gasteiger partial charge in [-0.15, -0.1) is 5.10 Å². The van der Waals surface area contributed by atoms with Gasteiger partial charge in [-0.2, -0.15) is 0 Å². The van der Waals surface area contributed by atoms with Crippen LogP contribution in [0.3, 0.4) is 0 Å². The highest BCUT2D eigenvalue weighted by molar-refractivity contribution is 6.06. The largest absolute Gasteiger partial charge is 0.487 e. The molecule has 2 aromatic heterocycles. The maximum atomic E-state index is 13.8. The van der Waals surface area contributed by atoms with Crippen LogP contribution in [-0.2, 0) is 17.9 Å². The van der Waals surface area contributed by atoms with Gasteiger partial charge in [-0.1, -0.05) is 59.8 Å². The Kier molecular flexibility index (Phi) is 7.07. The number of carbonyl (C=O) groups excluding carboxylic acids is 1. The lowest BCUT2D eigenvalue weighted by molar-refractivity contribution is -0.113. The Morgan fingerprint density at radius 2 is 1.70 bits per heavy atom. The number of fused-ring (bicyclic) bond motifs is 3. The molecule has 1 aliphatic rings. The molecule has 1 atom stereocenters. The number of benzene rings is 4. The third-order valence-electron chi connectivity index (χ3n) is 7.53. The predicted molar refractivity (Wildman–Crippen MR) is 166 cm³/mol. The summed E-state index contributed by atoms with van der Waals surface area (Å²) in [5.41, 5.74) is 6.14. The molecule has 2 N–H and O–H groups in total. The molecule has 1 unspecified atom stereocenters. The number of ether oxygens (including phenoxy) is 1. The first-order valence-electron chi connectivity index (χ1n) is 14.2. The molecule has 3 heterocycles. The van der Waals surface area contributed by atoms with Crippen LogP contribution < -0.4 is 15.4 Å². The Balaban J connectivity index is 1.15. The average Bonchev–Trinajstić information content (AvgIpc) is 3.65. The maximum Gasteiger partial charge on any atom is 0.255 e. The number of allylic oxidation sites excluding steroid dienone is 1. The smallest absolute Gasteiger partial charge is 0.255 e. The van der Waals surface area contributed by atoms with Crippen LogP contribution in [0.25, 0.3) is 11.0 Å². The molecule has 4 aromatic carbocycles. The number of nitrogens with zero attached hydrogens (tertiary/aromatic N) is 5. The number of nitrogens with one attached hydrogen (secondary N) is 2. The number of imidazole rings is 1. The lowest BCUT2D eigenvalue weighted by atomic mass is 9.94. The third kappa shape index (κ3) is 5.40. The molecule has 0 saturated carbocycles. The first-order chi connectivity index (χ1) is 21.5. The molecule has 10 heteroatoms. The van der Waals surface area contributed by atoms with Crippen molar-refractivity contribution in [3.8, 4) is 5.75 Å². The predicted octanol–water partition coefficient (Wildman–Crippen LogP) is 6.32. The summed E-state index contributed by atoms with van der Waals surface area (Å²) in [5, 5.41) is 14.7. The molecule has 218 valence electrons. The minimum absolute atomic E-state index is 0.266. The summed E-state index contributed by atoms with van der Waals surface area (Å²) in [6.45, 7) is 2.76. The molecule has 1 aliphatic heterocycles. The van der Waals surface area contributed by atoms with Crippen LogP contribution in [0.1, 0.15) is 29.8 Å². The molecule has 6 aromatic rings. The fourth-order valence-electron chi connectivity index (χ4n) is 5.46. The number of hydrogen-bond donors (Lipinski definition) is 2. The second-order valence-corrected chi connectivity index (χ2v) is 10.6. The summed E-state index contributed by atoms with van der Waals surface area (Å²) >= 11 is 0. The van der Waals surface area contributed by atoms with Crippen LogP contribution in [-0.4, -0.2) is 30.5 Å². The summed E-state index contributed by atoms with van der Waals surface area (Å²) in [7, 11) is 0. The molecule has 7 rings (SSSR count). The van der Waals surface area contributed by atoms with Crippen molar-refractivity contribution in [1.29, 1.82) is 0 Å². The van der Waals surface area contributed by atoms with Crippen molar-refractivity contribution >= 4 is 28.6 Å². The van der Waals surface area contributed by atoms with Crippen LogP contribution in [0.15, 0.2) is 121 Å². The molecular weight excluding hydrogens is 557 g/mol. The fourth-order valence-corrected chi connectivity index (χ4v) is 5.46. The Hall–Kier alpha value is -5.77. The quantitative estimate of drug-likeness (QED) is 0.217. The van der Waals surface area contributed by atoms with Crippen molar-refractivity contribution in [2.45, 2.75) is 26.1 Å². The Bertz CT molecular complexity index is 1980. The number of para-hydroxylation sites is 2. The molecule has 0 spiro atoms. The zero-order chi connectivity index (χ0) is 30.0. The molecule has 1 amide bonds. The first kappa shape index (κ1) is 27.1. The van der Waals surface area contributed by atoms with E-state index in [9.17, 15) is 9.18 Å². The minimum Gasteiger partial charge on any atom is -0.487 e. The number of carbonyl (C=O) groups is 1. The molecule has 44 heavy (non-hydrogen) atoms. The van der Waals surface area contributed by atoms with E-state index in [4.69, 9.17) is 9.72 Å². The zero-order valence-corrected chi connectivity index (χ0v) is 23.8. The summed E-state index contributed by atoms with van der Waals surface area (Å²) < 4.78 is 23.4. The summed E-state index contributed by atoms with van der Waals surface area (Å²) in [4.78, 5) is 18.6. The van der Waals surface area contributed by atoms with Gasteiger partial charge in [-0.3, -0.25) is 9.36 Å². The van der Waals surface area contributed by atoms with Gasteiger partial charge >= 0.3 is 0 Å². The van der Waals surface area contributed by atoms with E-state index in [1.807, 2.05) is 96.6 Å². The lowest BCUT2D eigenvalue weighted by Gasteiger charge is -2.30. The molecule has 0 aliphatic carbocycles. The van der Waals surface area contributed by atoms with Crippen molar-refractivity contribution in [3.05, 3.63) is 143 Å². The van der Waals surface area contributed by atoms with Gasteiger partial charge in [0.2, 0.25) is 5.95 Å². The fraction of sp³-hybridized carbons (Fsp3) is 0.118. The molecule has 0 fully saturated rings.